The van der Waals surface area contributed by atoms with Crippen molar-refractivity contribution in [2.24, 2.45) is 5.92 Å². The van der Waals surface area contributed by atoms with Crippen LogP contribution in [-0.4, -0.2) is 62.5 Å². The molecule has 2 aromatic rings. The molecule has 2 heterocycles. The number of fused-ring (bicyclic) bond motifs is 2. The van der Waals surface area contributed by atoms with Crippen molar-refractivity contribution in [1.29, 1.82) is 0 Å². The van der Waals surface area contributed by atoms with E-state index in [4.69, 9.17) is 9.29 Å². The van der Waals surface area contributed by atoms with E-state index in [1.165, 1.54) is 29.3 Å². The predicted octanol–water partition coefficient (Wildman–Crippen LogP) is 2.28. The van der Waals surface area contributed by atoms with Gasteiger partial charge in [-0.25, -0.2) is 0 Å². The van der Waals surface area contributed by atoms with Crippen LogP contribution in [0.15, 0.2) is 24.4 Å². The third-order valence-corrected chi connectivity index (χ3v) is 5.21. The third kappa shape index (κ3) is 4.06. The van der Waals surface area contributed by atoms with Crippen LogP contribution in [0.2, 0.25) is 0 Å². The quantitative estimate of drug-likeness (QED) is 0.797. The second-order valence-corrected chi connectivity index (χ2v) is 8.66. The summed E-state index contributed by atoms with van der Waals surface area (Å²) in [5.74, 6) is 1.31. The fourth-order valence-electron chi connectivity index (χ4n) is 4.41. The number of likely N-dealkylation sites (N-methyl/N-ethyl adjacent to an activating group) is 1. The van der Waals surface area contributed by atoms with Crippen LogP contribution in [0.4, 0.5) is 0 Å². The molecule has 1 fully saturated rings. The number of piperidine rings is 1. The van der Waals surface area contributed by atoms with E-state index in [9.17, 15) is 8.42 Å². The largest absolute Gasteiger partial charge is 0.384 e. The van der Waals surface area contributed by atoms with E-state index in [0.29, 0.717) is 24.1 Å². The van der Waals surface area contributed by atoms with Gasteiger partial charge in [0.05, 0.1) is 12.9 Å². The normalized spacial score (nSPS) is 26.0. The molecule has 0 radical (unpaired) electrons. The van der Waals surface area contributed by atoms with Gasteiger partial charge in [0.1, 0.15) is 0 Å². The van der Waals surface area contributed by atoms with E-state index >= 15 is 0 Å². The zero-order valence-corrected chi connectivity index (χ0v) is 15.7. The molecule has 2 unspecified atom stereocenters. The molecule has 1 saturated heterocycles. The highest BCUT2D eigenvalue weighted by Crippen LogP contribution is 2.44. The summed E-state index contributed by atoms with van der Waals surface area (Å²) < 4.78 is 31.3. The zero-order valence-electron chi connectivity index (χ0n) is 14.9. The van der Waals surface area contributed by atoms with Crippen molar-refractivity contribution in [3.05, 3.63) is 35.5 Å². The Balaban J connectivity index is 0.000000324. The zero-order chi connectivity index (χ0) is 18.2. The van der Waals surface area contributed by atoms with E-state index < -0.39 is 10.1 Å². The van der Waals surface area contributed by atoms with Gasteiger partial charge in [-0.05, 0) is 43.0 Å². The number of hydrogen-bond acceptors (Lipinski definition) is 4. The molecule has 1 aromatic heterocycles. The fourth-order valence-corrected chi connectivity index (χ4v) is 4.41. The minimum absolute atomic E-state index is 0.650. The van der Waals surface area contributed by atoms with Crippen LogP contribution in [0.25, 0.3) is 10.9 Å². The van der Waals surface area contributed by atoms with Gasteiger partial charge < -0.3 is 14.6 Å². The standard InChI is InChI=1S/C17H22N2O.CH4O3S/c1-19-9-11(10-20-2)6-14-13-4-3-5-15-17(13)12(8-18-15)7-16(14)19;1-5(2,3)4/h3-5,8,11,14,16,18H,6-7,9-10H2,1-2H3;1H3,(H,2,3,4)/t11?,14?,16-;/m1./s1. The Morgan fingerprint density at radius 3 is 2.80 bits per heavy atom. The lowest BCUT2D eigenvalue weighted by Gasteiger charge is -2.45. The number of ether oxygens (including phenoxy) is 1. The molecule has 0 bridgehead atoms. The highest BCUT2D eigenvalue weighted by atomic mass is 32.2. The van der Waals surface area contributed by atoms with E-state index in [2.05, 4.69) is 41.3 Å². The Morgan fingerprint density at radius 1 is 1.40 bits per heavy atom. The smallest absolute Gasteiger partial charge is 0.261 e. The molecule has 1 aliphatic heterocycles. The van der Waals surface area contributed by atoms with Crippen molar-refractivity contribution >= 4 is 21.0 Å². The molecule has 2 aliphatic rings. The second-order valence-electron chi connectivity index (χ2n) is 7.19. The first-order valence-electron chi connectivity index (χ1n) is 8.48. The van der Waals surface area contributed by atoms with Crippen LogP contribution < -0.4 is 0 Å². The van der Waals surface area contributed by atoms with Crippen molar-refractivity contribution in [2.45, 2.75) is 24.8 Å². The maximum Gasteiger partial charge on any atom is 0.261 e. The lowest BCUT2D eigenvalue weighted by atomic mass is 9.72. The van der Waals surface area contributed by atoms with E-state index in [-0.39, 0.29) is 0 Å². The number of aromatic nitrogens is 1. The van der Waals surface area contributed by atoms with E-state index in [1.807, 2.05) is 7.11 Å². The molecule has 138 valence electrons. The number of nitrogens with one attached hydrogen (secondary N) is 1. The van der Waals surface area contributed by atoms with Crippen molar-refractivity contribution in [1.82, 2.24) is 9.88 Å². The number of nitrogens with zero attached hydrogens (tertiary/aromatic N) is 1. The van der Waals surface area contributed by atoms with Crippen molar-refractivity contribution < 1.29 is 17.7 Å². The highest BCUT2D eigenvalue weighted by Gasteiger charge is 2.39. The van der Waals surface area contributed by atoms with Gasteiger partial charge in [0.15, 0.2) is 0 Å². The number of benzene rings is 1. The van der Waals surface area contributed by atoms with Gasteiger partial charge in [0.25, 0.3) is 10.1 Å². The number of aromatic amines is 1. The summed E-state index contributed by atoms with van der Waals surface area (Å²) in [6.07, 6.45) is 5.36. The van der Waals surface area contributed by atoms with E-state index in [1.54, 1.807) is 5.56 Å². The van der Waals surface area contributed by atoms with Crippen LogP contribution >= 0.6 is 0 Å². The number of rotatable bonds is 2. The minimum atomic E-state index is -3.67. The molecule has 1 aliphatic carbocycles. The molecule has 0 spiro atoms. The average Bonchev–Trinajstić information content (AvgIpc) is 2.92. The molecule has 7 heteroatoms. The maximum absolute atomic E-state index is 9.19. The Hall–Kier alpha value is -1.41. The second kappa shape index (κ2) is 7.07. The van der Waals surface area contributed by atoms with Crippen LogP contribution in [0.5, 0.6) is 0 Å². The van der Waals surface area contributed by atoms with Gasteiger partial charge in [-0.1, -0.05) is 12.1 Å². The molecule has 6 nitrogen and oxygen atoms in total. The van der Waals surface area contributed by atoms with Crippen molar-refractivity contribution in [3.8, 4) is 0 Å². The molecular formula is C18H26N2O4S. The molecule has 4 rings (SSSR count). The summed E-state index contributed by atoms with van der Waals surface area (Å²) in [5, 5.41) is 1.49. The summed E-state index contributed by atoms with van der Waals surface area (Å²) >= 11 is 0. The monoisotopic (exact) mass is 366 g/mol. The first-order chi connectivity index (χ1) is 11.8. The summed E-state index contributed by atoms with van der Waals surface area (Å²) in [4.78, 5) is 5.99. The molecule has 1 aromatic carbocycles. The average molecular weight is 366 g/mol. The van der Waals surface area contributed by atoms with Gasteiger partial charge in [-0.3, -0.25) is 4.55 Å². The van der Waals surface area contributed by atoms with Gasteiger partial charge in [0.2, 0.25) is 0 Å². The van der Waals surface area contributed by atoms with Gasteiger partial charge in [-0.15, -0.1) is 0 Å². The fraction of sp³-hybridized carbons (Fsp3) is 0.556. The predicted molar refractivity (Wildman–Crippen MR) is 98.6 cm³/mol. The van der Waals surface area contributed by atoms with Crippen LogP contribution in [0.1, 0.15) is 23.5 Å². The lowest BCUT2D eigenvalue weighted by molar-refractivity contribution is 0.0587. The Kier molecular flexibility index (Phi) is 5.20. The summed E-state index contributed by atoms with van der Waals surface area (Å²) in [5.41, 5.74) is 4.34. The van der Waals surface area contributed by atoms with E-state index in [0.717, 1.165) is 13.2 Å². The van der Waals surface area contributed by atoms with Gasteiger partial charge in [-0.2, -0.15) is 8.42 Å². The van der Waals surface area contributed by atoms with Crippen molar-refractivity contribution in [3.63, 3.8) is 0 Å². The molecular weight excluding hydrogens is 340 g/mol. The molecule has 0 saturated carbocycles. The number of hydrogen-bond donors (Lipinski definition) is 2. The molecule has 25 heavy (non-hydrogen) atoms. The number of H-pyrrole nitrogens is 1. The molecule has 0 amide bonds. The Labute approximate surface area is 148 Å². The Bertz CT molecular complexity index is 838. The first-order valence-corrected chi connectivity index (χ1v) is 10.3. The number of methoxy groups -OCH3 is 1. The van der Waals surface area contributed by atoms with Gasteiger partial charge in [0, 0.05) is 42.7 Å². The third-order valence-electron chi connectivity index (χ3n) is 5.21. The lowest BCUT2D eigenvalue weighted by Crippen LogP contribution is -2.48. The topological polar surface area (TPSA) is 82.6 Å². The minimum Gasteiger partial charge on any atom is -0.384 e. The molecule has 3 atom stereocenters. The van der Waals surface area contributed by atoms with Crippen LogP contribution in [0.3, 0.4) is 0 Å². The maximum atomic E-state index is 9.19. The SMILES string of the molecule is COCC1CC2c3cccc4[nH]cc(c34)C[C@H]2N(C)C1.CS(=O)(=O)O. The summed E-state index contributed by atoms with van der Waals surface area (Å²) in [6.45, 7) is 2.04. The molecule has 2 N–H and O–H groups in total. The Morgan fingerprint density at radius 2 is 2.12 bits per heavy atom. The highest BCUT2D eigenvalue weighted by molar-refractivity contribution is 7.85. The summed E-state index contributed by atoms with van der Waals surface area (Å²) in [6, 6.07) is 7.37. The number of likely N-dealkylation sites (tertiary alicyclic amines) is 1. The van der Waals surface area contributed by atoms with Gasteiger partial charge >= 0.3 is 0 Å². The van der Waals surface area contributed by atoms with Crippen molar-refractivity contribution in [2.75, 3.05) is 33.6 Å². The first kappa shape index (κ1) is 18.4. The van der Waals surface area contributed by atoms with Crippen LogP contribution in [0, 0.1) is 5.92 Å². The summed E-state index contributed by atoms with van der Waals surface area (Å²) in [7, 11) is 0.426. The van der Waals surface area contributed by atoms with Crippen LogP contribution in [-0.2, 0) is 21.3 Å².